The number of hydrogen-bond acceptors (Lipinski definition) is 5. The van der Waals surface area contributed by atoms with E-state index < -0.39 is 45.3 Å². The number of anilines is 2. The summed E-state index contributed by atoms with van der Waals surface area (Å²) >= 11 is 0. The van der Waals surface area contributed by atoms with Crippen molar-refractivity contribution in [3.63, 3.8) is 0 Å². The van der Waals surface area contributed by atoms with Gasteiger partial charge in [0.1, 0.15) is 6.04 Å². The van der Waals surface area contributed by atoms with Crippen LogP contribution < -0.4 is 15.4 Å². The monoisotopic (exact) mass is 413 g/mol. The molecule has 11 heteroatoms. The molecular formula is C17H14F3N3O4S. The standard InChI is InChI=1S/C17H14F3N3O4S/c18-17(19,20)12-6-1-2-7-14(12)23-15(24)9-13(16(23)25)22-10-4-3-5-11(8-10)28(21,26)27/h1-8,13,22H,9H2,(H2,21,26,27). The number of carbonyl (C=O) groups is 2. The Kier molecular flexibility index (Phi) is 4.90. The van der Waals surface area contributed by atoms with E-state index in [1.807, 2.05) is 0 Å². The second kappa shape index (κ2) is 6.91. The molecule has 28 heavy (non-hydrogen) atoms. The molecule has 3 N–H and O–H groups in total. The highest BCUT2D eigenvalue weighted by molar-refractivity contribution is 7.89. The maximum absolute atomic E-state index is 13.2. The highest BCUT2D eigenvalue weighted by Gasteiger charge is 2.44. The Bertz CT molecular complexity index is 1050. The van der Waals surface area contributed by atoms with Crippen LogP contribution in [-0.2, 0) is 25.8 Å². The normalized spacial score (nSPS) is 17.9. The topological polar surface area (TPSA) is 110 Å². The molecular weight excluding hydrogens is 399 g/mol. The van der Waals surface area contributed by atoms with Crippen molar-refractivity contribution in [2.24, 2.45) is 5.14 Å². The summed E-state index contributed by atoms with van der Waals surface area (Å²) in [5.41, 5.74) is -1.47. The predicted molar refractivity (Wildman–Crippen MR) is 93.8 cm³/mol. The molecule has 0 radical (unpaired) electrons. The first kappa shape index (κ1) is 19.8. The number of benzene rings is 2. The van der Waals surface area contributed by atoms with Crippen LogP contribution in [0.25, 0.3) is 0 Å². The fraction of sp³-hybridized carbons (Fsp3) is 0.176. The minimum absolute atomic E-state index is 0.184. The van der Waals surface area contributed by atoms with Gasteiger partial charge in [-0.3, -0.25) is 9.59 Å². The van der Waals surface area contributed by atoms with Crippen LogP contribution in [0.1, 0.15) is 12.0 Å². The number of alkyl halides is 3. The zero-order valence-corrected chi connectivity index (χ0v) is 14.9. The average molecular weight is 413 g/mol. The number of halogens is 3. The summed E-state index contributed by atoms with van der Waals surface area (Å²) in [6, 6.07) is 8.36. The van der Waals surface area contributed by atoms with Crippen LogP contribution in [-0.4, -0.2) is 26.3 Å². The lowest BCUT2D eigenvalue weighted by Gasteiger charge is -2.20. The van der Waals surface area contributed by atoms with E-state index in [2.05, 4.69) is 5.32 Å². The largest absolute Gasteiger partial charge is 0.418 e. The Morgan fingerprint density at radius 3 is 2.39 bits per heavy atom. The molecule has 2 amide bonds. The lowest BCUT2D eigenvalue weighted by atomic mass is 10.1. The fourth-order valence-corrected chi connectivity index (χ4v) is 3.43. The molecule has 0 spiro atoms. The van der Waals surface area contributed by atoms with Crippen LogP contribution in [0.15, 0.2) is 53.4 Å². The molecule has 1 saturated heterocycles. The number of rotatable bonds is 4. The van der Waals surface area contributed by atoms with Gasteiger partial charge in [0.25, 0.3) is 5.91 Å². The van der Waals surface area contributed by atoms with Crippen LogP contribution in [0.2, 0.25) is 0 Å². The van der Waals surface area contributed by atoms with E-state index in [1.54, 1.807) is 0 Å². The summed E-state index contributed by atoms with van der Waals surface area (Å²) in [6.07, 6.45) is -5.13. The van der Waals surface area contributed by atoms with E-state index in [4.69, 9.17) is 5.14 Å². The average Bonchev–Trinajstić information content (AvgIpc) is 2.87. The minimum Gasteiger partial charge on any atom is -0.373 e. The van der Waals surface area contributed by atoms with Gasteiger partial charge in [0.2, 0.25) is 15.9 Å². The number of nitrogens with two attached hydrogens (primary N) is 1. The molecule has 1 aliphatic heterocycles. The lowest BCUT2D eigenvalue weighted by Crippen LogP contribution is -2.36. The maximum Gasteiger partial charge on any atom is 0.418 e. The molecule has 1 heterocycles. The summed E-state index contributed by atoms with van der Waals surface area (Å²) in [5, 5.41) is 7.73. The van der Waals surface area contributed by atoms with Gasteiger partial charge in [0, 0.05) is 5.69 Å². The van der Waals surface area contributed by atoms with Crippen molar-refractivity contribution >= 4 is 33.2 Å². The maximum atomic E-state index is 13.2. The lowest BCUT2D eigenvalue weighted by molar-refractivity contribution is -0.137. The molecule has 0 saturated carbocycles. The van der Waals surface area contributed by atoms with Crippen molar-refractivity contribution in [2.45, 2.75) is 23.5 Å². The van der Waals surface area contributed by atoms with E-state index in [-0.39, 0.29) is 17.0 Å². The number of primary sulfonamides is 1. The summed E-state index contributed by atoms with van der Waals surface area (Å²) in [7, 11) is -3.99. The molecule has 1 unspecified atom stereocenters. The third-order valence-electron chi connectivity index (χ3n) is 4.10. The molecule has 1 fully saturated rings. The summed E-state index contributed by atoms with van der Waals surface area (Å²) in [6.45, 7) is 0. The van der Waals surface area contributed by atoms with Gasteiger partial charge in [-0.15, -0.1) is 0 Å². The Balaban J connectivity index is 1.90. The van der Waals surface area contributed by atoms with Crippen LogP contribution in [0, 0.1) is 0 Å². The number of carbonyl (C=O) groups excluding carboxylic acids is 2. The van der Waals surface area contributed by atoms with E-state index in [9.17, 15) is 31.2 Å². The van der Waals surface area contributed by atoms with E-state index in [1.165, 1.54) is 30.3 Å². The number of amides is 2. The van der Waals surface area contributed by atoms with Gasteiger partial charge in [-0.1, -0.05) is 18.2 Å². The van der Waals surface area contributed by atoms with Crippen molar-refractivity contribution in [1.82, 2.24) is 0 Å². The second-order valence-corrected chi connectivity index (χ2v) is 7.62. The third-order valence-corrected chi connectivity index (χ3v) is 5.01. The highest BCUT2D eigenvalue weighted by Crippen LogP contribution is 2.38. The first-order chi connectivity index (χ1) is 13.0. The Labute approximate surface area is 158 Å². The van der Waals surface area contributed by atoms with Gasteiger partial charge in [-0.2, -0.15) is 13.2 Å². The zero-order chi connectivity index (χ0) is 20.7. The smallest absolute Gasteiger partial charge is 0.373 e. The third kappa shape index (κ3) is 3.85. The number of sulfonamides is 1. The minimum atomic E-state index is -4.74. The molecule has 3 rings (SSSR count). The Morgan fingerprint density at radius 2 is 1.75 bits per heavy atom. The summed E-state index contributed by atoms with van der Waals surface area (Å²) in [5.74, 6) is -1.68. The highest BCUT2D eigenvalue weighted by atomic mass is 32.2. The number of nitrogens with zero attached hydrogens (tertiary/aromatic N) is 1. The SMILES string of the molecule is NS(=O)(=O)c1cccc(NC2CC(=O)N(c3ccccc3C(F)(F)F)C2=O)c1. The molecule has 1 atom stereocenters. The molecule has 0 bridgehead atoms. The van der Waals surface area contributed by atoms with Crippen LogP contribution in [0.3, 0.4) is 0 Å². The molecule has 7 nitrogen and oxygen atoms in total. The Hall–Kier alpha value is -2.92. The zero-order valence-electron chi connectivity index (χ0n) is 14.1. The quantitative estimate of drug-likeness (QED) is 0.746. The number of para-hydroxylation sites is 1. The van der Waals surface area contributed by atoms with Crippen LogP contribution >= 0.6 is 0 Å². The van der Waals surface area contributed by atoms with Gasteiger partial charge >= 0.3 is 6.18 Å². The van der Waals surface area contributed by atoms with Gasteiger partial charge in [-0.25, -0.2) is 18.5 Å². The summed E-state index contributed by atoms with van der Waals surface area (Å²) in [4.78, 5) is 25.2. The first-order valence-corrected chi connectivity index (χ1v) is 9.45. The number of imide groups is 1. The van der Waals surface area contributed by atoms with Crippen molar-refractivity contribution in [2.75, 3.05) is 10.2 Å². The molecule has 2 aromatic carbocycles. The molecule has 0 aromatic heterocycles. The van der Waals surface area contributed by atoms with Crippen molar-refractivity contribution in [3.05, 3.63) is 54.1 Å². The van der Waals surface area contributed by atoms with Gasteiger partial charge in [0.15, 0.2) is 0 Å². The van der Waals surface area contributed by atoms with Gasteiger partial charge in [0.05, 0.1) is 22.6 Å². The molecule has 0 aliphatic carbocycles. The first-order valence-electron chi connectivity index (χ1n) is 7.91. The molecule has 1 aliphatic rings. The number of hydrogen-bond donors (Lipinski definition) is 2. The fourth-order valence-electron chi connectivity index (χ4n) is 2.87. The van der Waals surface area contributed by atoms with Crippen LogP contribution in [0.5, 0.6) is 0 Å². The van der Waals surface area contributed by atoms with E-state index in [0.717, 1.165) is 18.2 Å². The summed E-state index contributed by atoms with van der Waals surface area (Å²) < 4.78 is 62.5. The van der Waals surface area contributed by atoms with Crippen molar-refractivity contribution in [1.29, 1.82) is 0 Å². The number of nitrogens with one attached hydrogen (secondary N) is 1. The van der Waals surface area contributed by atoms with E-state index >= 15 is 0 Å². The Morgan fingerprint density at radius 1 is 1.07 bits per heavy atom. The van der Waals surface area contributed by atoms with Crippen molar-refractivity contribution < 1.29 is 31.2 Å². The van der Waals surface area contributed by atoms with Crippen molar-refractivity contribution in [3.8, 4) is 0 Å². The molecule has 2 aromatic rings. The predicted octanol–water partition coefficient (Wildman–Crippen LogP) is 2.10. The molecule has 148 valence electrons. The van der Waals surface area contributed by atoms with Gasteiger partial charge < -0.3 is 5.32 Å². The van der Waals surface area contributed by atoms with E-state index in [0.29, 0.717) is 4.90 Å². The second-order valence-electron chi connectivity index (χ2n) is 6.06. The van der Waals surface area contributed by atoms with Crippen LogP contribution in [0.4, 0.5) is 24.5 Å². The van der Waals surface area contributed by atoms with Gasteiger partial charge in [-0.05, 0) is 30.3 Å².